The molecule has 2 bridgehead atoms. The van der Waals surface area contributed by atoms with Crippen molar-refractivity contribution in [1.29, 1.82) is 0 Å². The van der Waals surface area contributed by atoms with Gasteiger partial charge in [0.15, 0.2) is 5.78 Å². The van der Waals surface area contributed by atoms with Crippen molar-refractivity contribution in [2.75, 3.05) is 0 Å². The van der Waals surface area contributed by atoms with Gasteiger partial charge in [-0.05, 0) is 58.8 Å². The summed E-state index contributed by atoms with van der Waals surface area (Å²) >= 11 is 0. The van der Waals surface area contributed by atoms with Crippen molar-refractivity contribution in [3.8, 4) is 0 Å². The van der Waals surface area contributed by atoms with Crippen LogP contribution in [0.4, 0.5) is 0 Å². The number of ether oxygens (including phenoxy) is 3. The summed E-state index contributed by atoms with van der Waals surface area (Å²) in [5.74, 6) is -2.86. The lowest BCUT2D eigenvalue weighted by molar-refractivity contribution is -0.293. The summed E-state index contributed by atoms with van der Waals surface area (Å²) in [6.45, 7) is 11.9. The fourth-order valence-corrected chi connectivity index (χ4v) is 7.47. The average Bonchev–Trinajstić information content (AvgIpc) is 3.18. The molecule has 31 heavy (non-hydrogen) atoms. The van der Waals surface area contributed by atoms with Gasteiger partial charge in [0.05, 0.1) is 11.5 Å². The first-order valence-electron chi connectivity index (χ1n) is 11.6. The molecule has 0 aromatic carbocycles. The standard InChI is InChI=1S/C25H34O6/c1-13(2)11-18-25-16(5)17-8-7-14(3)24(17,28)21(27)20(25)22(6,29-18)9-10-23(31-25)15(4)12-19(26)30-23/h11-12,14,16-18,20,28H,7-10H2,1-6H3. The van der Waals surface area contributed by atoms with Gasteiger partial charge in [-0.25, -0.2) is 4.79 Å². The van der Waals surface area contributed by atoms with Gasteiger partial charge in [-0.1, -0.05) is 25.5 Å². The molecule has 1 spiro atoms. The first-order chi connectivity index (χ1) is 14.4. The molecule has 6 heteroatoms. The monoisotopic (exact) mass is 430 g/mol. The predicted molar refractivity (Wildman–Crippen MR) is 113 cm³/mol. The van der Waals surface area contributed by atoms with Crippen LogP contribution in [0.25, 0.3) is 0 Å². The summed E-state index contributed by atoms with van der Waals surface area (Å²) in [5.41, 5.74) is -1.39. The molecule has 2 saturated heterocycles. The van der Waals surface area contributed by atoms with Gasteiger partial charge in [0, 0.05) is 24.0 Å². The molecule has 9 unspecified atom stereocenters. The van der Waals surface area contributed by atoms with Crippen molar-refractivity contribution in [2.45, 2.75) is 95.9 Å². The molecule has 2 saturated carbocycles. The fraction of sp³-hybridized carbons (Fsp3) is 0.760. The third-order valence-electron chi connectivity index (χ3n) is 9.08. The Bertz CT molecular complexity index is 917. The molecule has 5 aliphatic rings. The predicted octanol–water partition coefficient (Wildman–Crippen LogP) is 3.47. The molecule has 1 N–H and O–H groups in total. The molecular weight excluding hydrogens is 396 g/mol. The third-order valence-corrected chi connectivity index (χ3v) is 9.08. The summed E-state index contributed by atoms with van der Waals surface area (Å²) < 4.78 is 19.4. The Hall–Kier alpha value is -1.50. The van der Waals surface area contributed by atoms with Crippen LogP contribution in [0.1, 0.15) is 67.2 Å². The number of esters is 1. The van der Waals surface area contributed by atoms with Crippen LogP contribution in [-0.4, -0.2) is 45.6 Å². The van der Waals surface area contributed by atoms with E-state index in [2.05, 4.69) is 6.92 Å². The normalized spacial score (nSPS) is 53.0. The SMILES string of the molecule is CC(C)=CC1OC2(C)CCC3(OC(=O)C=C3C)OC13C(C)C1CCC(C)C1(O)C(=O)C23. The second-order valence-electron chi connectivity index (χ2n) is 11.0. The molecule has 0 amide bonds. The average molecular weight is 431 g/mol. The van der Waals surface area contributed by atoms with Crippen LogP contribution in [0.15, 0.2) is 23.3 Å². The van der Waals surface area contributed by atoms with E-state index in [0.29, 0.717) is 12.8 Å². The van der Waals surface area contributed by atoms with Crippen molar-refractivity contribution in [1.82, 2.24) is 0 Å². The van der Waals surface area contributed by atoms with Crippen LogP contribution in [0.2, 0.25) is 0 Å². The molecule has 3 heterocycles. The lowest BCUT2D eigenvalue weighted by Gasteiger charge is -2.55. The minimum atomic E-state index is -1.36. The highest BCUT2D eigenvalue weighted by Crippen LogP contribution is 2.66. The van der Waals surface area contributed by atoms with E-state index >= 15 is 0 Å². The number of allylic oxidation sites excluding steroid dienone is 1. The number of hydrogen-bond acceptors (Lipinski definition) is 6. The van der Waals surface area contributed by atoms with E-state index in [1.54, 1.807) is 0 Å². The molecular formula is C25H34O6. The Balaban J connectivity index is 1.75. The number of fused-ring (bicyclic) bond motifs is 1. The topological polar surface area (TPSA) is 82.1 Å². The van der Waals surface area contributed by atoms with E-state index in [4.69, 9.17) is 14.2 Å². The van der Waals surface area contributed by atoms with E-state index < -0.39 is 40.6 Å². The number of aliphatic hydroxyl groups is 1. The smallest absolute Gasteiger partial charge is 0.333 e. The molecule has 170 valence electrons. The van der Waals surface area contributed by atoms with Gasteiger partial charge in [0.1, 0.15) is 17.3 Å². The fourth-order valence-electron chi connectivity index (χ4n) is 7.47. The second-order valence-corrected chi connectivity index (χ2v) is 11.0. The van der Waals surface area contributed by atoms with E-state index in [1.165, 1.54) is 6.08 Å². The quantitative estimate of drug-likeness (QED) is 0.507. The number of ketones is 1. The number of Topliss-reactive ketones (excluding diaryl/α,β-unsaturated/α-hetero) is 1. The minimum absolute atomic E-state index is 0.0992. The summed E-state index contributed by atoms with van der Waals surface area (Å²) in [7, 11) is 0. The Labute approximate surface area is 184 Å². The van der Waals surface area contributed by atoms with E-state index in [1.807, 2.05) is 40.7 Å². The van der Waals surface area contributed by atoms with Crippen molar-refractivity contribution in [3.05, 3.63) is 23.3 Å². The summed E-state index contributed by atoms with van der Waals surface area (Å²) in [4.78, 5) is 26.4. The maximum Gasteiger partial charge on any atom is 0.333 e. The lowest BCUT2D eigenvalue weighted by Crippen LogP contribution is -2.70. The zero-order valence-corrected chi connectivity index (χ0v) is 19.4. The maximum absolute atomic E-state index is 14.2. The minimum Gasteiger partial charge on any atom is -0.426 e. The van der Waals surface area contributed by atoms with Crippen LogP contribution >= 0.6 is 0 Å². The Morgan fingerprint density at radius 3 is 2.52 bits per heavy atom. The van der Waals surface area contributed by atoms with Crippen molar-refractivity contribution >= 4 is 11.8 Å². The zero-order valence-electron chi connectivity index (χ0n) is 19.4. The molecule has 5 rings (SSSR count). The number of hydrogen-bond donors (Lipinski definition) is 1. The molecule has 9 atom stereocenters. The van der Waals surface area contributed by atoms with Gasteiger partial charge in [-0.3, -0.25) is 4.79 Å². The third kappa shape index (κ3) is 2.44. The molecule has 0 aromatic heterocycles. The van der Waals surface area contributed by atoms with Crippen LogP contribution in [-0.2, 0) is 23.8 Å². The van der Waals surface area contributed by atoms with E-state index in [-0.39, 0.29) is 23.5 Å². The van der Waals surface area contributed by atoms with Gasteiger partial charge in [-0.2, -0.15) is 0 Å². The van der Waals surface area contributed by atoms with Gasteiger partial charge in [0.2, 0.25) is 5.79 Å². The van der Waals surface area contributed by atoms with Crippen LogP contribution in [0, 0.1) is 23.7 Å². The summed E-state index contributed by atoms with van der Waals surface area (Å²) in [6, 6.07) is 0. The Morgan fingerprint density at radius 1 is 1.19 bits per heavy atom. The Morgan fingerprint density at radius 2 is 1.90 bits per heavy atom. The summed E-state index contributed by atoms with van der Waals surface area (Å²) in [5, 5.41) is 11.8. The Kier molecular flexibility index (Phi) is 4.34. The largest absolute Gasteiger partial charge is 0.426 e. The first-order valence-corrected chi connectivity index (χ1v) is 11.6. The highest BCUT2D eigenvalue weighted by atomic mass is 16.7. The zero-order chi connectivity index (χ0) is 22.6. The molecule has 0 aromatic rings. The maximum atomic E-state index is 14.2. The molecule has 4 fully saturated rings. The van der Waals surface area contributed by atoms with Crippen LogP contribution in [0.3, 0.4) is 0 Å². The number of carbonyl (C=O) groups excluding carboxylic acids is 2. The van der Waals surface area contributed by atoms with Crippen LogP contribution in [0.5, 0.6) is 0 Å². The van der Waals surface area contributed by atoms with E-state index in [9.17, 15) is 14.7 Å². The summed E-state index contributed by atoms with van der Waals surface area (Å²) in [6.07, 6.45) is 5.57. The highest BCUT2D eigenvalue weighted by molar-refractivity contribution is 5.94. The highest BCUT2D eigenvalue weighted by Gasteiger charge is 2.79. The lowest BCUT2D eigenvalue weighted by atomic mass is 9.53. The molecule has 6 nitrogen and oxygen atoms in total. The van der Waals surface area contributed by atoms with Crippen molar-refractivity contribution in [3.63, 3.8) is 0 Å². The van der Waals surface area contributed by atoms with Crippen molar-refractivity contribution < 1.29 is 28.9 Å². The number of carbonyl (C=O) groups is 2. The van der Waals surface area contributed by atoms with E-state index in [0.717, 1.165) is 24.0 Å². The van der Waals surface area contributed by atoms with Gasteiger partial charge >= 0.3 is 5.97 Å². The van der Waals surface area contributed by atoms with Gasteiger partial charge < -0.3 is 19.3 Å². The van der Waals surface area contributed by atoms with Crippen molar-refractivity contribution in [2.24, 2.45) is 23.7 Å². The van der Waals surface area contributed by atoms with Crippen LogP contribution < -0.4 is 0 Å². The van der Waals surface area contributed by atoms with Gasteiger partial charge in [-0.15, -0.1) is 0 Å². The molecule has 0 radical (unpaired) electrons. The molecule has 2 aliphatic carbocycles. The molecule has 3 aliphatic heterocycles. The second kappa shape index (κ2) is 6.30. The van der Waals surface area contributed by atoms with Gasteiger partial charge in [0.25, 0.3) is 0 Å². The first kappa shape index (κ1) is 21.4. The number of rotatable bonds is 1.